The van der Waals surface area contributed by atoms with E-state index in [2.05, 4.69) is 86.6 Å². The molecule has 4 aromatic rings. The van der Waals surface area contributed by atoms with Crippen molar-refractivity contribution < 1.29 is 0 Å². The highest BCUT2D eigenvalue weighted by Crippen LogP contribution is 2.30. The summed E-state index contributed by atoms with van der Waals surface area (Å²) < 4.78 is 0. The Morgan fingerprint density at radius 2 is 0.614 bits per heavy atom. The molecule has 44 heavy (non-hydrogen) atoms. The van der Waals surface area contributed by atoms with Crippen LogP contribution >= 0.6 is 0 Å². The molecule has 0 bridgehead atoms. The first-order chi connectivity index (χ1) is 21.6. The maximum absolute atomic E-state index is 5.88. The molecule has 0 heterocycles. The first-order valence-corrected chi connectivity index (χ1v) is 17.5. The number of anilines is 2. The number of rotatable bonds is 19. The van der Waals surface area contributed by atoms with Crippen LogP contribution in [0.15, 0.2) is 97.1 Å². The lowest BCUT2D eigenvalue weighted by atomic mass is 9.88. The van der Waals surface area contributed by atoms with Crippen molar-refractivity contribution in [3.8, 4) is 0 Å². The van der Waals surface area contributed by atoms with Crippen LogP contribution in [0, 0.1) is 0 Å². The minimum Gasteiger partial charge on any atom is -0.399 e. The van der Waals surface area contributed by atoms with Gasteiger partial charge in [-0.05, 0) is 96.2 Å². The fraction of sp³-hybridized carbons (Fsp3) is 0.429. The van der Waals surface area contributed by atoms with E-state index in [0.29, 0.717) is 11.8 Å². The molecule has 2 nitrogen and oxygen atoms in total. The molecule has 4 rings (SSSR count). The van der Waals surface area contributed by atoms with Gasteiger partial charge in [-0.15, -0.1) is 0 Å². The number of unbranched alkanes of at least 4 members (excludes halogenated alkanes) is 9. The lowest BCUT2D eigenvalue weighted by Crippen LogP contribution is -2.00. The maximum Gasteiger partial charge on any atom is 0.0314 e. The Kier molecular flexibility index (Phi) is 13.9. The topological polar surface area (TPSA) is 52.0 Å². The number of hydrogen-bond donors (Lipinski definition) is 2. The molecule has 4 aromatic carbocycles. The van der Waals surface area contributed by atoms with Gasteiger partial charge in [-0.3, -0.25) is 0 Å². The number of nitrogen functional groups attached to an aromatic ring is 2. The van der Waals surface area contributed by atoms with E-state index in [1.165, 1.54) is 110 Å². The number of aryl methyl sites for hydroxylation is 2. The molecule has 2 atom stereocenters. The molecule has 0 aliphatic heterocycles. The maximum atomic E-state index is 5.88. The van der Waals surface area contributed by atoms with Crippen LogP contribution in [0.2, 0.25) is 0 Å². The summed E-state index contributed by atoms with van der Waals surface area (Å²) in [4.78, 5) is 0. The highest BCUT2D eigenvalue weighted by Gasteiger charge is 2.13. The van der Waals surface area contributed by atoms with Crippen molar-refractivity contribution in [1.29, 1.82) is 0 Å². The molecule has 0 radical (unpaired) electrons. The second kappa shape index (κ2) is 18.3. The molecule has 4 N–H and O–H groups in total. The molecule has 234 valence electrons. The predicted molar refractivity (Wildman–Crippen MR) is 192 cm³/mol. The summed E-state index contributed by atoms with van der Waals surface area (Å²) >= 11 is 0. The summed E-state index contributed by atoms with van der Waals surface area (Å²) in [5.41, 5.74) is 21.9. The number of hydrogen-bond acceptors (Lipinski definition) is 2. The van der Waals surface area contributed by atoms with Crippen LogP contribution in [0.4, 0.5) is 11.4 Å². The van der Waals surface area contributed by atoms with Gasteiger partial charge in [0.05, 0.1) is 0 Å². The van der Waals surface area contributed by atoms with E-state index in [0.717, 1.165) is 24.2 Å². The van der Waals surface area contributed by atoms with Crippen LogP contribution < -0.4 is 11.5 Å². The fourth-order valence-electron chi connectivity index (χ4n) is 6.69. The molecule has 2 unspecified atom stereocenters. The Hall–Kier alpha value is -3.52. The van der Waals surface area contributed by atoms with E-state index < -0.39 is 0 Å². The van der Waals surface area contributed by atoms with Crippen molar-refractivity contribution in [2.75, 3.05) is 11.5 Å². The molecule has 0 saturated carbocycles. The minimum atomic E-state index is 0.447. The molecule has 0 aliphatic carbocycles. The van der Waals surface area contributed by atoms with Gasteiger partial charge in [-0.2, -0.15) is 0 Å². The second-order valence-corrected chi connectivity index (χ2v) is 12.8. The van der Waals surface area contributed by atoms with Crippen molar-refractivity contribution in [3.63, 3.8) is 0 Å². The van der Waals surface area contributed by atoms with Gasteiger partial charge in [0.15, 0.2) is 0 Å². The van der Waals surface area contributed by atoms with Crippen LogP contribution in [0.25, 0.3) is 0 Å². The zero-order chi connectivity index (χ0) is 31.0. The van der Waals surface area contributed by atoms with E-state index in [1.807, 2.05) is 24.3 Å². The quantitative estimate of drug-likeness (QED) is 0.0845. The molecule has 0 fully saturated rings. The van der Waals surface area contributed by atoms with E-state index in [-0.39, 0.29) is 0 Å². The Morgan fingerprint density at radius 3 is 0.886 bits per heavy atom. The predicted octanol–water partition coefficient (Wildman–Crippen LogP) is 11.6. The first-order valence-electron chi connectivity index (χ1n) is 17.5. The SMILES string of the molecule is CCC(c1ccc(N)cc1)c1ccc(CCCCCCCCCCCCc2ccc(C(CC)c3ccc(N)cc3)cc2)cc1. The Balaban J connectivity index is 1.01. The molecule has 0 spiro atoms. The van der Waals surface area contributed by atoms with Crippen molar-refractivity contribution in [2.45, 2.75) is 116 Å². The Labute approximate surface area is 268 Å². The lowest BCUT2D eigenvalue weighted by Gasteiger charge is -2.17. The van der Waals surface area contributed by atoms with Gasteiger partial charge in [-0.1, -0.05) is 138 Å². The Bertz CT molecular complexity index is 1210. The van der Waals surface area contributed by atoms with Crippen molar-refractivity contribution >= 4 is 11.4 Å². The van der Waals surface area contributed by atoms with Crippen molar-refractivity contribution in [3.05, 3.63) is 130 Å². The average molecular weight is 589 g/mol. The van der Waals surface area contributed by atoms with Gasteiger partial charge < -0.3 is 11.5 Å². The minimum absolute atomic E-state index is 0.447. The first kappa shape index (κ1) is 33.4. The zero-order valence-corrected chi connectivity index (χ0v) is 27.4. The van der Waals surface area contributed by atoms with Crippen LogP contribution in [0.3, 0.4) is 0 Å². The van der Waals surface area contributed by atoms with Gasteiger partial charge in [0.25, 0.3) is 0 Å². The standard InChI is InChI=1S/C42H56N2/c1-3-41(37-25-29-39(43)30-26-37)35-21-17-33(18-22-35)15-13-11-9-7-5-6-8-10-12-14-16-34-19-23-36(24-20-34)42(4-2)38-27-31-40(44)32-28-38/h17-32,41-42H,3-16,43-44H2,1-2H3. The van der Waals surface area contributed by atoms with Gasteiger partial charge >= 0.3 is 0 Å². The van der Waals surface area contributed by atoms with Crippen LogP contribution in [-0.2, 0) is 12.8 Å². The molecular weight excluding hydrogens is 532 g/mol. The largest absolute Gasteiger partial charge is 0.399 e. The third kappa shape index (κ3) is 10.6. The molecule has 2 heteroatoms. The summed E-state index contributed by atoms with van der Waals surface area (Å²) in [6.07, 6.45) is 18.2. The van der Waals surface area contributed by atoms with E-state index in [9.17, 15) is 0 Å². The monoisotopic (exact) mass is 588 g/mol. The lowest BCUT2D eigenvalue weighted by molar-refractivity contribution is 0.551. The van der Waals surface area contributed by atoms with E-state index in [1.54, 1.807) is 0 Å². The van der Waals surface area contributed by atoms with E-state index >= 15 is 0 Å². The molecule has 0 amide bonds. The number of nitrogens with two attached hydrogens (primary N) is 2. The number of benzene rings is 4. The zero-order valence-electron chi connectivity index (χ0n) is 27.4. The summed E-state index contributed by atoms with van der Waals surface area (Å²) in [6.45, 7) is 4.53. The van der Waals surface area contributed by atoms with Gasteiger partial charge in [0.1, 0.15) is 0 Å². The third-order valence-electron chi connectivity index (χ3n) is 9.44. The summed E-state index contributed by atoms with van der Waals surface area (Å²) in [7, 11) is 0. The molecule has 0 aliphatic rings. The normalized spacial score (nSPS) is 12.7. The van der Waals surface area contributed by atoms with Crippen LogP contribution in [-0.4, -0.2) is 0 Å². The average Bonchev–Trinajstić information content (AvgIpc) is 3.05. The van der Waals surface area contributed by atoms with Crippen LogP contribution in [0.1, 0.15) is 136 Å². The second-order valence-electron chi connectivity index (χ2n) is 12.8. The smallest absolute Gasteiger partial charge is 0.0314 e. The van der Waals surface area contributed by atoms with Gasteiger partial charge in [-0.25, -0.2) is 0 Å². The Morgan fingerprint density at radius 1 is 0.364 bits per heavy atom. The fourth-order valence-corrected chi connectivity index (χ4v) is 6.69. The van der Waals surface area contributed by atoms with Gasteiger partial charge in [0, 0.05) is 23.2 Å². The molecular formula is C42H56N2. The summed E-state index contributed by atoms with van der Waals surface area (Å²) in [5.74, 6) is 0.894. The van der Waals surface area contributed by atoms with Crippen molar-refractivity contribution in [1.82, 2.24) is 0 Å². The third-order valence-corrected chi connectivity index (χ3v) is 9.44. The summed E-state index contributed by atoms with van der Waals surface area (Å²) in [5, 5.41) is 0. The molecule has 0 saturated heterocycles. The van der Waals surface area contributed by atoms with Gasteiger partial charge in [0.2, 0.25) is 0 Å². The highest BCUT2D eigenvalue weighted by atomic mass is 14.5. The van der Waals surface area contributed by atoms with E-state index in [4.69, 9.17) is 11.5 Å². The molecule has 0 aromatic heterocycles. The summed E-state index contributed by atoms with van der Waals surface area (Å²) in [6, 6.07) is 35.5. The van der Waals surface area contributed by atoms with Crippen molar-refractivity contribution in [2.24, 2.45) is 0 Å². The highest BCUT2D eigenvalue weighted by molar-refractivity contribution is 5.44. The van der Waals surface area contributed by atoms with Crippen LogP contribution in [0.5, 0.6) is 0 Å².